The van der Waals surface area contributed by atoms with Gasteiger partial charge in [0.1, 0.15) is 11.5 Å². The fourth-order valence-electron chi connectivity index (χ4n) is 1.33. The number of ether oxygens (including phenoxy) is 1. The van der Waals surface area contributed by atoms with Crippen LogP contribution in [0.2, 0.25) is 0 Å². The average Bonchev–Trinajstić information content (AvgIpc) is 2.34. The Bertz CT molecular complexity index is 477. The maximum absolute atomic E-state index is 12.0. The summed E-state index contributed by atoms with van der Waals surface area (Å²) >= 11 is 4.78. The maximum Gasteiger partial charge on any atom is 0.316 e. The molecule has 1 rings (SSSR count). The molecule has 0 saturated heterocycles. The van der Waals surface area contributed by atoms with Gasteiger partial charge in [0.15, 0.2) is 5.78 Å². The Morgan fingerprint density at radius 3 is 2.30 bits per heavy atom. The van der Waals surface area contributed by atoms with E-state index in [0.29, 0.717) is 0 Å². The Labute approximate surface area is 132 Å². The molecule has 0 aliphatic heterocycles. The van der Waals surface area contributed by atoms with Crippen molar-refractivity contribution in [2.75, 3.05) is 5.75 Å². The summed E-state index contributed by atoms with van der Waals surface area (Å²) in [7, 11) is 0. The van der Waals surface area contributed by atoms with Crippen LogP contribution in [0.3, 0.4) is 0 Å². The zero-order chi connectivity index (χ0) is 15.3. The Kier molecular flexibility index (Phi) is 6.27. The van der Waals surface area contributed by atoms with Gasteiger partial charge in [-0.3, -0.25) is 9.59 Å². The number of carbonyl (C=O) groups is 2. The first-order valence-corrected chi connectivity index (χ1v) is 8.11. The molecule has 0 N–H and O–H groups in total. The minimum Gasteiger partial charge on any atom is -0.459 e. The number of halogens is 1. The number of rotatable bonds is 5. The quantitative estimate of drug-likeness (QED) is 0.451. The number of benzene rings is 1. The lowest BCUT2D eigenvalue weighted by Crippen LogP contribution is -2.31. The van der Waals surface area contributed by atoms with Crippen molar-refractivity contribution in [3.05, 3.63) is 28.7 Å². The highest BCUT2D eigenvalue weighted by Gasteiger charge is 2.26. The van der Waals surface area contributed by atoms with Crippen molar-refractivity contribution in [2.45, 2.75) is 38.2 Å². The van der Waals surface area contributed by atoms with Crippen LogP contribution in [0.1, 0.15) is 27.7 Å². The van der Waals surface area contributed by atoms with E-state index in [9.17, 15) is 9.59 Å². The Balaban J connectivity index is 2.49. The minimum absolute atomic E-state index is 0.118. The van der Waals surface area contributed by atoms with Crippen molar-refractivity contribution in [1.82, 2.24) is 0 Å². The molecule has 1 unspecified atom stereocenters. The highest BCUT2D eigenvalue weighted by Crippen LogP contribution is 2.22. The molecular weight excluding hydrogens is 340 g/mol. The van der Waals surface area contributed by atoms with Crippen LogP contribution in [0.4, 0.5) is 0 Å². The first kappa shape index (κ1) is 17.2. The summed E-state index contributed by atoms with van der Waals surface area (Å²) in [5, 5.41) is 0. The summed E-state index contributed by atoms with van der Waals surface area (Å²) in [5.74, 6) is -1.04. The number of esters is 1. The van der Waals surface area contributed by atoms with E-state index in [1.807, 2.05) is 24.3 Å². The number of hydrogen-bond acceptors (Lipinski definition) is 4. The number of ketones is 1. The fraction of sp³-hybridized carbons (Fsp3) is 0.467. The van der Waals surface area contributed by atoms with E-state index in [1.165, 1.54) is 11.8 Å². The summed E-state index contributed by atoms with van der Waals surface area (Å²) in [4.78, 5) is 24.8. The topological polar surface area (TPSA) is 43.4 Å². The van der Waals surface area contributed by atoms with E-state index in [1.54, 1.807) is 27.7 Å². The predicted octanol–water partition coefficient (Wildman–Crippen LogP) is 4.09. The first-order valence-electron chi connectivity index (χ1n) is 6.33. The molecule has 110 valence electrons. The molecule has 0 saturated carbocycles. The second kappa shape index (κ2) is 7.27. The third-order valence-corrected chi connectivity index (χ3v) is 4.00. The molecule has 0 fully saturated rings. The zero-order valence-corrected chi connectivity index (χ0v) is 14.5. The summed E-state index contributed by atoms with van der Waals surface area (Å²) in [5.41, 5.74) is -0.565. The number of Topliss-reactive ketones (excluding diaryl/α,β-unsaturated/α-hetero) is 1. The largest absolute Gasteiger partial charge is 0.459 e. The molecule has 1 atom stereocenters. The first-order chi connectivity index (χ1) is 9.19. The molecule has 0 radical (unpaired) electrons. The Morgan fingerprint density at radius 1 is 1.25 bits per heavy atom. The van der Waals surface area contributed by atoms with E-state index in [-0.39, 0.29) is 11.5 Å². The van der Waals surface area contributed by atoms with E-state index < -0.39 is 17.5 Å². The van der Waals surface area contributed by atoms with Crippen molar-refractivity contribution in [2.24, 2.45) is 5.92 Å². The van der Waals surface area contributed by atoms with E-state index in [0.717, 1.165) is 9.37 Å². The van der Waals surface area contributed by atoms with Gasteiger partial charge in [-0.15, -0.1) is 11.8 Å². The summed E-state index contributed by atoms with van der Waals surface area (Å²) < 4.78 is 6.21. The minimum atomic E-state index is -0.725. The van der Waals surface area contributed by atoms with Crippen molar-refractivity contribution < 1.29 is 14.3 Å². The van der Waals surface area contributed by atoms with Crippen LogP contribution in [0.15, 0.2) is 33.6 Å². The third kappa shape index (κ3) is 6.09. The molecule has 0 amide bonds. The summed E-state index contributed by atoms with van der Waals surface area (Å²) in [6.45, 7) is 6.97. The maximum atomic E-state index is 12.0. The second-order valence-electron chi connectivity index (χ2n) is 5.46. The molecule has 0 aromatic heterocycles. The van der Waals surface area contributed by atoms with Crippen LogP contribution in [0, 0.1) is 5.92 Å². The average molecular weight is 359 g/mol. The second-order valence-corrected chi connectivity index (χ2v) is 7.43. The predicted molar refractivity (Wildman–Crippen MR) is 84.9 cm³/mol. The van der Waals surface area contributed by atoms with Gasteiger partial charge >= 0.3 is 5.97 Å². The van der Waals surface area contributed by atoms with Crippen molar-refractivity contribution in [3.8, 4) is 0 Å². The molecule has 20 heavy (non-hydrogen) atoms. The molecular formula is C15H19BrO3S. The SMILES string of the molecule is CC(C(=O)CSc1ccc(Br)cc1)C(=O)OC(C)(C)C. The molecule has 3 nitrogen and oxygen atoms in total. The highest BCUT2D eigenvalue weighted by atomic mass is 79.9. The van der Waals surface area contributed by atoms with Crippen LogP contribution in [0.5, 0.6) is 0 Å². The van der Waals surface area contributed by atoms with Crippen LogP contribution in [-0.2, 0) is 14.3 Å². The number of thioether (sulfide) groups is 1. The lowest BCUT2D eigenvalue weighted by atomic mass is 10.1. The van der Waals surface area contributed by atoms with Crippen LogP contribution in [-0.4, -0.2) is 23.1 Å². The molecule has 5 heteroatoms. The molecule has 1 aromatic carbocycles. The highest BCUT2D eigenvalue weighted by molar-refractivity contribution is 9.10. The monoisotopic (exact) mass is 358 g/mol. The molecule has 1 aromatic rings. The summed E-state index contributed by atoms with van der Waals surface area (Å²) in [6.07, 6.45) is 0. The summed E-state index contributed by atoms with van der Waals surface area (Å²) in [6, 6.07) is 7.70. The standard InChI is InChI=1S/C15H19BrO3S/c1-10(14(18)19-15(2,3)4)13(17)9-20-12-7-5-11(16)6-8-12/h5-8,10H,9H2,1-4H3. The smallest absolute Gasteiger partial charge is 0.316 e. The van der Waals surface area contributed by atoms with Crippen LogP contribution < -0.4 is 0 Å². The van der Waals surface area contributed by atoms with Gasteiger partial charge in [0, 0.05) is 9.37 Å². The Hall–Kier alpha value is -0.810. The lowest BCUT2D eigenvalue weighted by molar-refractivity contribution is -0.160. The zero-order valence-electron chi connectivity index (χ0n) is 12.1. The van der Waals surface area contributed by atoms with Crippen LogP contribution >= 0.6 is 27.7 Å². The number of carbonyl (C=O) groups excluding carboxylic acids is 2. The molecule has 0 heterocycles. The third-order valence-electron chi connectivity index (χ3n) is 2.44. The van der Waals surface area contributed by atoms with E-state index in [4.69, 9.17) is 4.74 Å². The van der Waals surface area contributed by atoms with E-state index in [2.05, 4.69) is 15.9 Å². The van der Waals surface area contributed by atoms with Gasteiger partial charge < -0.3 is 4.74 Å². The van der Waals surface area contributed by atoms with Crippen molar-refractivity contribution >= 4 is 39.4 Å². The number of hydrogen-bond donors (Lipinski definition) is 0. The van der Waals surface area contributed by atoms with Gasteiger partial charge in [0.05, 0.1) is 5.75 Å². The molecule has 0 spiro atoms. The molecule has 0 bridgehead atoms. The van der Waals surface area contributed by atoms with E-state index >= 15 is 0 Å². The normalized spacial score (nSPS) is 12.8. The van der Waals surface area contributed by atoms with Gasteiger partial charge in [0.2, 0.25) is 0 Å². The molecule has 0 aliphatic carbocycles. The van der Waals surface area contributed by atoms with Gasteiger partial charge in [0.25, 0.3) is 0 Å². The van der Waals surface area contributed by atoms with Gasteiger partial charge in [-0.25, -0.2) is 0 Å². The molecule has 0 aliphatic rings. The Morgan fingerprint density at radius 2 is 1.80 bits per heavy atom. The van der Waals surface area contributed by atoms with Gasteiger partial charge in [-0.05, 0) is 52.0 Å². The van der Waals surface area contributed by atoms with Crippen LogP contribution in [0.25, 0.3) is 0 Å². The van der Waals surface area contributed by atoms with Crippen molar-refractivity contribution in [1.29, 1.82) is 0 Å². The lowest BCUT2D eigenvalue weighted by Gasteiger charge is -2.21. The van der Waals surface area contributed by atoms with Gasteiger partial charge in [-0.1, -0.05) is 15.9 Å². The van der Waals surface area contributed by atoms with Crippen molar-refractivity contribution in [3.63, 3.8) is 0 Å². The fourth-order valence-corrected chi connectivity index (χ4v) is 2.48. The van der Waals surface area contributed by atoms with Gasteiger partial charge in [-0.2, -0.15) is 0 Å².